The lowest BCUT2D eigenvalue weighted by Gasteiger charge is -2.25. The number of para-hydroxylation sites is 3. The summed E-state index contributed by atoms with van der Waals surface area (Å²) in [6.45, 7) is 0. The summed E-state index contributed by atoms with van der Waals surface area (Å²) in [4.78, 5) is 2.28. The van der Waals surface area contributed by atoms with Gasteiger partial charge < -0.3 is 13.7 Å². The first-order valence-electron chi connectivity index (χ1n) is 16.6. The molecule has 0 aliphatic rings. The molecule has 0 N–H and O–H groups in total. The van der Waals surface area contributed by atoms with Gasteiger partial charge in [-0.3, -0.25) is 0 Å². The Morgan fingerprint density at radius 3 is 1.55 bits per heavy atom. The van der Waals surface area contributed by atoms with Gasteiger partial charge in [-0.1, -0.05) is 140 Å². The lowest BCUT2D eigenvalue weighted by Crippen LogP contribution is -2.10. The maximum atomic E-state index is 7.00. The molecule has 3 nitrogen and oxygen atoms in total. The van der Waals surface area contributed by atoms with Crippen molar-refractivity contribution in [3.8, 4) is 22.3 Å². The van der Waals surface area contributed by atoms with E-state index in [9.17, 15) is 0 Å². The molecule has 0 saturated carbocycles. The van der Waals surface area contributed by atoms with Gasteiger partial charge in [0.1, 0.15) is 11.2 Å². The predicted molar refractivity (Wildman–Crippen MR) is 204 cm³/mol. The molecule has 49 heavy (non-hydrogen) atoms. The fourth-order valence-electron chi connectivity index (χ4n) is 7.39. The van der Waals surface area contributed by atoms with Crippen LogP contribution >= 0.6 is 0 Å². The highest BCUT2D eigenvalue weighted by Gasteiger charge is 2.24. The minimum atomic E-state index is 0.827. The van der Waals surface area contributed by atoms with Crippen molar-refractivity contribution in [2.45, 2.75) is 0 Å². The van der Waals surface area contributed by atoms with E-state index in [4.69, 9.17) is 8.83 Å². The average molecular weight is 628 g/mol. The monoisotopic (exact) mass is 627 g/mol. The molecule has 3 heteroatoms. The third-order valence-electron chi connectivity index (χ3n) is 9.67. The summed E-state index contributed by atoms with van der Waals surface area (Å²) in [5.74, 6) is 0. The number of fused-ring (bicyclic) bond motifs is 8. The van der Waals surface area contributed by atoms with Gasteiger partial charge in [-0.15, -0.1) is 0 Å². The molecule has 0 aliphatic carbocycles. The Kier molecular flexibility index (Phi) is 6.18. The molecule has 8 aromatic carbocycles. The molecular formula is C46H29NO2. The highest BCUT2D eigenvalue weighted by molar-refractivity contribution is 6.21. The zero-order valence-electron chi connectivity index (χ0n) is 26.5. The van der Waals surface area contributed by atoms with Crippen LogP contribution in [-0.4, -0.2) is 0 Å². The van der Waals surface area contributed by atoms with Crippen LogP contribution in [0.3, 0.4) is 0 Å². The number of hydrogen-bond donors (Lipinski definition) is 0. The van der Waals surface area contributed by atoms with Crippen molar-refractivity contribution in [2.75, 3.05) is 4.90 Å². The molecule has 0 atom stereocenters. The fourth-order valence-corrected chi connectivity index (χ4v) is 7.39. The van der Waals surface area contributed by atoms with Gasteiger partial charge in [0.25, 0.3) is 0 Å². The Balaban J connectivity index is 1.26. The predicted octanol–water partition coefficient (Wildman–Crippen LogP) is 13.4. The molecule has 0 unspecified atom stereocenters. The minimum Gasteiger partial charge on any atom is -0.454 e. The molecule has 0 radical (unpaired) electrons. The summed E-state index contributed by atoms with van der Waals surface area (Å²) in [5.41, 5.74) is 11.0. The number of rotatable bonds is 5. The first-order valence-corrected chi connectivity index (χ1v) is 16.6. The second-order valence-corrected chi connectivity index (χ2v) is 12.5. The highest BCUT2D eigenvalue weighted by Crippen LogP contribution is 2.47. The summed E-state index contributed by atoms with van der Waals surface area (Å²) in [6.07, 6.45) is 0. The number of nitrogens with zero attached hydrogens (tertiary/aromatic N) is 1. The van der Waals surface area contributed by atoms with Crippen molar-refractivity contribution in [3.63, 3.8) is 0 Å². The quantitative estimate of drug-likeness (QED) is 0.190. The Labute approximate surface area is 282 Å². The minimum absolute atomic E-state index is 0.827. The third-order valence-corrected chi connectivity index (χ3v) is 9.67. The van der Waals surface area contributed by atoms with E-state index in [2.05, 4.69) is 163 Å². The van der Waals surface area contributed by atoms with Crippen LogP contribution in [0.4, 0.5) is 17.1 Å². The summed E-state index contributed by atoms with van der Waals surface area (Å²) in [7, 11) is 0. The van der Waals surface area contributed by atoms with Gasteiger partial charge in [0.2, 0.25) is 0 Å². The molecule has 2 aromatic heterocycles. The van der Waals surface area contributed by atoms with Gasteiger partial charge in [0.15, 0.2) is 11.2 Å². The van der Waals surface area contributed by atoms with Gasteiger partial charge in [-0.05, 0) is 64.0 Å². The Morgan fingerprint density at radius 1 is 0.327 bits per heavy atom. The SMILES string of the molecule is c1ccc(-c2ccc(N(c3cccc4c3oc3ccccc34)c3cccc4c3oc3c5ccccc5c(-c5ccccc5)cc43)cc2)cc1. The van der Waals surface area contributed by atoms with Crippen LogP contribution in [0.15, 0.2) is 185 Å². The maximum Gasteiger partial charge on any atom is 0.159 e. The molecule has 230 valence electrons. The Bertz CT molecular complexity index is 2810. The molecule has 0 aliphatic heterocycles. The van der Waals surface area contributed by atoms with E-state index >= 15 is 0 Å². The first-order chi connectivity index (χ1) is 24.3. The number of hydrogen-bond acceptors (Lipinski definition) is 3. The summed E-state index contributed by atoms with van der Waals surface area (Å²) in [5, 5.41) is 6.60. The number of anilines is 3. The third kappa shape index (κ3) is 4.37. The molecule has 0 bridgehead atoms. The lowest BCUT2D eigenvalue weighted by molar-refractivity contribution is 0.667. The molecule has 0 fully saturated rings. The van der Waals surface area contributed by atoms with E-state index in [-0.39, 0.29) is 0 Å². The Morgan fingerprint density at radius 2 is 0.837 bits per heavy atom. The maximum absolute atomic E-state index is 7.00. The standard InChI is InChI=1S/C46H29NO2/c1-3-13-30(14-4-1)31-25-27-33(28-26-31)47(41-22-11-20-37-35-18-9-10-24-43(35)48-45(37)41)42-23-12-21-38-40-29-39(32-15-5-2-6-16-32)34-17-7-8-19-36(34)44(40)49-46(38)42/h1-29H. The van der Waals surface area contributed by atoms with E-state index in [0.29, 0.717) is 0 Å². The number of benzene rings is 8. The van der Waals surface area contributed by atoms with Crippen molar-refractivity contribution >= 4 is 71.7 Å². The van der Waals surface area contributed by atoms with E-state index in [1.165, 1.54) is 22.1 Å². The molecular weight excluding hydrogens is 599 g/mol. The zero-order chi connectivity index (χ0) is 32.3. The van der Waals surface area contributed by atoms with Crippen molar-refractivity contribution in [2.24, 2.45) is 0 Å². The average Bonchev–Trinajstić information content (AvgIpc) is 3.75. The van der Waals surface area contributed by atoms with E-state index < -0.39 is 0 Å². The summed E-state index contributed by atoms with van der Waals surface area (Å²) in [6, 6.07) is 61.8. The van der Waals surface area contributed by atoms with Crippen molar-refractivity contribution in [1.82, 2.24) is 0 Å². The molecule has 0 amide bonds. The number of furan rings is 2. The van der Waals surface area contributed by atoms with Crippen LogP contribution in [-0.2, 0) is 0 Å². The molecule has 10 aromatic rings. The van der Waals surface area contributed by atoms with Gasteiger partial charge in [-0.2, -0.15) is 0 Å². The summed E-state index contributed by atoms with van der Waals surface area (Å²) < 4.78 is 13.6. The van der Waals surface area contributed by atoms with Crippen molar-refractivity contribution in [3.05, 3.63) is 176 Å². The van der Waals surface area contributed by atoms with Crippen LogP contribution in [0.2, 0.25) is 0 Å². The second-order valence-electron chi connectivity index (χ2n) is 12.5. The molecule has 2 heterocycles. The molecule has 0 saturated heterocycles. The van der Waals surface area contributed by atoms with Crippen LogP contribution in [0.5, 0.6) is 0 Å². The van der Waals surface area contributed by atoms with Crippen LogP contribution in [0.25, 0.3) is 76.9 Å². The van der Waals surface area contributed by atoms with Crippen molar-refractivity contribution < 1.29 is 8.83 Å². The normalized spacial score (nSPS) is 11.7. The van der Waals surface area contributed by atoms with Crippen LogP contribution in [0.1, 0.15) is 0 Å². The van der Waals surface area contributed by atoms with Gasteiger partial charge in [0.05, 0.1) is 11.4 Å². The second kappa shape index (κ2) is 11.0. The van der Waals surface area contributed by atoms with E-state index in [0.717, 1.165) is 71.9 Å². The first kappa shape index (κ1) is 27.5. The van der Waals surface area contributed by atoms with Crippen LogP contribution in [0, 0.1) is 0 Å². The fraction of sp³-hybridized carbons (Fsp3) is 0. The van der Waals surface area contributed by atoms with Gasteiger partial charge >= 0.3 is 0 Å². The molecule has 0 spiro atoms. The van der Waals surface area contributed by atoms with E-state index in [1.807, 2.05) is 18.2 Å². The Hall–Kier alpha value is -6.58. The van der Waals surface area contributed by atoms with Gasteiger partial charge in [0, 0.05) is 32.6 Å². The van der Waals surface area contributed by atoms with Crippen LogP contribution < -0.4 is 4.90 Å². The highest BCUT2D eigenvalue weighted by atomic mass is 16.3. The topological polar surface area (TPSA) is 29.5 Å². The smallest absolute Gasteiger partial charge is 0.159 e. The molecule has 10 rings (SSSR count). The lowest BCUT2D eigenvalue weighted by atomic mass is 9.95. The van der Waals surface area contributed by atoms with E-state index in [1.54, 1.807) is 0 Å². The summed E-state index contributed by atoms with van der Waals surface area (Å²) >= 11 is 0. The zero-order valence-corrected chi connectivity index (χ0v) is 26.5. The van der Waals surface area contributed by atoms with Crippen molar-refractivity contribution in [1.29, 1.82) is 0 Å². The van der Waals surface area contributed by atoms with Gasteiger partial charge in [-0.25, -0.2) is 0 Å². The largest absolute Gasteiger partial charge is 0.454 e.